The highest BCUT2D eigenvalue weighted by molar-refractivity contribution is 6.30. The van der Waals surface area contributed by atoms with E-state index in [0.717, 1.165) is 0 Å². The predicted molar refractivity (Wildman–Crippen MR) is 49.0 cm³/mol. The van der Waals surface area contributed by atoms with Crippen LogP contribution in [0.3, 0.4) is 0 Å². The number of methoxy groups -OCH3 is 1. The van der Waals surface area contributed by atoms with Crippen molar-refractivity contribution in [1.82, 2.24) is 0 Å². The van der Waals surface area contributed by atoms with Crippen molar-refractivity contribution in [2.75, 3.05) is 7.11 Å². The van der Waals surface area contributed by atoms with Gasteiger partial charge < -0.3 is 10.5 Å². The topological polar surface area (TPSA) is 59.1 Å². The summed E-state index contributed by atoms with van der Waals surface area (Å²) < 4.78 is 4.98. The number of nitrogens with one attached hydrogen (secondary N) is 1. The zero-order valence-corrected chi connectivity index (χ0v) is 7.35. The smallest absolute Gasteiger partial charge is 0.131 e. The van der Waals surface area contributed by atoms with Gasteiger partial charge in [0.2, 0.25) is 0 Å². The van der Waals surface area contributed by atoms with E-state index in [2.05, 4.69) is 0 Å². The molecule has 0 fully saturated rings. The summed E-state index contributed by atoms with van der Waals surface area (Å²) in [4.78, 5) is 0. The molecule has 3 nitrogen and oxygen atoms in total. The van der Waals surface area contributed by atoms with E-state index in [0.29, 0.717) is 16.3 Å². The number of ether oxygens (including phenoxy) is 1. The fourth-order valence-electron chi connectivity index (χ4n) is 0.888. The van der Waals surface area contributed by atoms with Crippen LogP contribution in [0.1, 0.15) is 5.56 Å². The highest BCUT2D eigenvalue weighted by Gasteiger charge is 2.05. The molecule has 4 heteroatoms. The van der Waals surface area contributed by atoms with Gasteiger partial charge in [0.25, 0.3) is 0 Å². The van der Waals surface area contributed by atoms with Crippen molar-refractivity contribution >= 4 is 17.4 Å². The highest BCUT2D eigenvalue weighted by atomic mass is 35.5. The van der Waals surface area contributed by atoms with Crippen LogP contribution in [0, 0.1) is 5.41 Å². The molecule has 0 unspecified atom stereocenters. The van der Waals surface area contributed by atoms with Crippen LogP contribution in [-0.2, 0) is 0 Å². The Balaban J connectivity index is 3.20. The number of benzene rings is 1. The van der Waals surface area contributed by atoms with Gasteiger partial charge in [0.15, 0.2) is 0 Å². The van der Waals surface area contributed by atoms with Gasteiger partial charge in [-0.2, -0.15) is 0 Å². The third-order valence-electron chi connectivity index (χ3n) is 1.45. The van der Waals surface area contributed by atoms with E-state index in [1.807, 2.05) is 0 Å². The molecule has 0 spiro atoms. The van der Waals surface area contributed by atoms with Crippen LogP contribution >= 0.6 is 11.6 Å². The number of nitrogens with two attached hydrogens (primary N) is 1. The summed E-state index contributed by atoms with van der Waals surface area (Å²) in [7, 11) is 1.51. The van der Waals surface area contributed by atoms with E-state index in [9.17, 15) is 0 Å². The Hall–Kier alpha value is -1.22. The Morgan fingerprint density at radius 1 is 1.58 bits per heavy atom. The number of hydrogen-bond donors (Lipinski definition) is 2. The van der Waals surface area contributed by atoms with Crippen molar-refractivity contribution in [2.45, 2.75) is 0 Å². The molecule has 0 aliphatic carbocycles. The average Bonchev–Trinajstić information content (AvgIpc) is 2.03. The molecular weight excluding hydrogens is 176 g/mol. The van der Waals surface area contributed by atoms with Crippen LogP contribution in [0.25, 0.3) is 0 Å². The first-order valence-corrected chi connectivity index (χ1v) is 3.71. The molecule has 0 radical (unpaired) electrons. The Morgan fingerprint density at radius 2 is 2.25 bits per heavy atom. The quantitative estimate of drug-likeness (QED) is 0.542. The third-order valence-corrected chi connectivity index (χ3v) is 1.69. The van der Waals surface area contributed by atoms with Crippen molar-refractivity contribution in [1.29, 1.82) is 5.41 Å². The number of amidine groups is 1. The van der Waals surface area contributed by atoms with Crippen molar-refractivity contribution in [2.24, 2.45) is 5.73 Å². The second-order valence-corrected chi connectivity index (χ2v) is 2.69. The number of nitrogen functional groups attached to an aromatic ring is 1. The van der Waals surface area contributed by atoms with Gasteiger partial charge in [-0.3, -0.25) is 5.41 Å². The van der Waals surface area contributed by atoms with Gasteiger partial charge in [0.1, 0.15) is 11.6 Å². The summed E-state index contributed by atoms with van der Waals surface area (Å²) in [5, 5.41) is 7.77. The van der Waals surface area contributed by atoms with Gasteiger partial charge in [-0.15, -0.1) is 0 Å². The van der Waals surface area contributed by atoms with E-state index < -0.39 is 0 Å². The average molecular weight is 185 g/mol. The van der Waals surface area contributed by atoms with Crippen molar-refractivity contribution in [3.8, 4) is 5.75 Å². The van der Waals surface area contributed by atoms with E-state index >= 15 is 0 Å². The second kappa shape index (κ2) is 3.45. The molecule has 0 aliphatic heterocycles. The van der Waals surface area contributed by atoms with Gasteiger partial charge in [-0.25, -0.2) is 0 Å². The normalized spacial score (nSPS) is 9.50. The minimum atomic E-state index is -0.0245. The fraction of sp³-hybridized carbons (Fsp3) is 0.125. The maximum absolute atomic E-state index is 7.20. The molecule has 12 heavy (non-hydrogen) atoms. The van der Waals surface area contributed by atoms with Gasteiger partial charge in [-0.05, 0) is 18.2 Å². The molecule has 0 aliphatic rings. The standard InChI is InChI=1S/C8H9ClN2O/c1-12-7-4-5(9)2-3-6(7)8(10)11/h2-4H,1H3,(H3,10,11). The molecule has 1 aromatic carbocycles. The van der Waals surface area contributed by atoms with Crippen LogP contribution in [0.5, 0.6) is 5.75 Å². The number of rotatable bonds is 2. The van der Waals surface area contributed by atoms with Crippen molar-refractivity contribution < 1.29 is 4.74 Å². The van der Waals surface area contributed by atoms with Crippen LogP contribution in [0.15, 0.2) is 18.2 Å². The van der Waals surface area contributed by atoms with E-state index in [4.69, 9.17) is 27.5 Å². The summed E-state index contributed by atoms with van der Waals surface area (Å²) in [6.45, 7) is 0. The Bertz CT molecular complexity index is 312. The Labute approximate surface area is 75.6 Å². The van der Waals surface area contributed by atoms with E-state index in [1.165, 1.54) is 7.11 Å². The molecule has 64 valence electrons. The monoisotopic (exact) mass is 184 g/mol. The molecular formula is C8H9ClN2O. The molecule has 0 atom stereocenters. The number of halogens is 1. The van der Waals surface area contributed by atoms with Gasteiger partial charge in [0, 0.05) is 5.02 Å². The highest BCUT2D eigenvalue weighted by Crippen LogP contribution is 2.22. The van der Waals surface area contributed by atoms with Crippen LogP contribution in [0.2, 0.25) is 5.02 Å². The first kappa shape index (κ1) is 8.87. The molecule has 0 amide bonds. The van der Waals surface area contributed by atoms with Crippen molar-refractivity contribution in [3.63, 3.8) is 0 Å². The van der Waals surface area contributed by atoms with E-state index in [-0.39, 0.29) is 5.84 Å². The Kier molecular flexibility index (Phi) is 2.55. The fourth-order valence-corrected chi connectivity index (χ4v) is 1.05. The van der Waals surface area contributed by atoms with Gasteiger partial charge in [-0.1, -0.05) is 11.6 Å². The SMILES string of the molecule is COc1cc(Cl)ccc1C(=N)N. The molecule has 0 saturated heterocycles. The largest absolute Gasteiger partial charge is 0.496 e. The number of hydrogen-bond acceptors (Lipinski definition) is 2. The maximum Gasteiger partial charge on any atom is 0.131 e. The first-order chi connectivity index (χ1) is 5.65. The molecule has 1 rings (SSSR count). The summed E-state index contributed by atoms with van der Waals surface area (Å²) in [5.74, 6) is 0.499. The lowest BCUT2D eigenvalue weighted by Crippen LogP contribution is -2.12. The zero-order valence-electron chi connectivity index (χ0n) is 6.60. The lowest BCUT2D eigenvalue weighted by atomic mass is 10.2. The minimum Gasteiger partial charge on any atom is -0.496 e. The molecule has 3 N–H and O–H groups in total. The van der Waals surface area contributed by atoms with Gasteiger partial charge in [0.05, 0.1) is 12.7 Å². The molecule has 0 aromatic heterocycles. The van der Waals surface area contributed by atoms with Crippen LogP contribution in [-0.4, -0.2) is 12.9 Å². The second-order valence-electron chi connectivity index (χ2n) is 2.26. The van der Waals surface area contributed by atoms with Crippen LogP contribution in [0.4, 0.5) is 0 Å². The maximum atomic E-state index is 7.20. The zero-order chi connectivity index (χ0) is 9.14. The summed E-state index contributed by atoms with van der Waals surface area (Å²) in [5.41, 5.74) is 5.86. The molecule has 0 heterocycles. The summed E-state index contributed by atoms with van der Waals surface area (Å²) >= 11 is 5.71. The lowest BCUT2D eigenvalue weighted by molar-refractivity contribution is 0.414. The summed E-state index contributed by atoms with van der Waals surface area (Å²) in [6.07, 6.45) is 0. The summed E-state index contributed by atoms with van der Waals surface area (Å²) in [6, 6.07) is 4.95. The minimum absolute atomic E-state index is 0.0245. The predicted octanol–water partition coefficient (Wildman–Crippen LogP) is 1.63. The van der Waals surface area contributed by atoms with E-state index in [1.54, 1.807) is 18.2 Å². The first-order valence-electron chi connectivity index (χ1n) is 3.33. The molecule has 0 bridgehead atoms. The molecule has 0 saturated carbocycles. The molecule has 1 aromatic rings. The van der Waals surface area contributed by atoms with Crippen LogP contribution < -0.4 is 10.5 Å². The third kappa shape index (κ3) is 1.68. The Morgan fingerprint density at radius 3 is 2.75 bits per heavy atom. The lowest BCUT2D eigenvalue weighted by Gasteiger charge is -2.06. The van der Waals surface area contributed by atoms with Gasteiger partial charge >= 0.3 is 0 Å². The van der Waals surface area contributed by atoms with Crippen molar-refractivity contribution in [3.05, 3.63) is 28.8 Å².